The lowest BCUT2D eigenvalue weighted by atomic mass is 10.2. The molecule has 1 heterocycles. The average Bonchev–Trinajstić information content (AvgIpc) is 2.63. The maximum absolute atomic E-state index is 5.13. The van der Waals surface area contributed by atoms with Crippen molar-refractivity contribution in [3.63, 3.8) is 0 Å². The molecule has 0 amide bonds. The van der Waals surface area contributed by atoms with Crippen LogP contribution in [0.3, 0.4) is 0 Å². The zero-order chi connectivity index (χ0) is 11.1. The quantitative estimate of drug-likeness (QED) is 0.775. The average molecular weight is 228 g/mol. The summed E-state index contributed by atoms with van der Waals surface area (Å²) in [5.41, 5.74) is 0. The van der Waals surface area contributed by atoms with Crippen LogP contribution in [0, 0.1) is 6.92 Å². The Hall–Kier alpha value is -0.450. The molecule has 15 heavy (non-hydrogen) atoms. The third-order valence-electron chi connectivity index (χ3n) is 2.33. The van der Waals surface area contributed by atoms with Crippen molar-refractivity contribution in [1.29, 1.82) is 0 Å². The van der Waals surface area contributed by atoms with Gasteiger partial charge in [-0.15, -0.1) is 11.3 Å². The fraction of sp³-hybridized carbons (Fsp3) is 0.727. The van der Waals surface area contributed by atoms with Gasteiger partial charge in [-0.3, -0.25) is 0 Å². The van der Waals surface area contributed by atoms with Crippen LogP contribution < -0.4 is 5.32 Å². The van der Waals surface area contributed by atoms with Gasteiger partial charge >= 0.3 is 0 Å². The number of hydrogen-bond donors (Lipinski definition) is 1. The second-order valence-electron chi connectivity index (χ2n) is 3.61. The highest BCUT2D eigenvalue weighted by Crippen LogP contribution is 2.11. The van der Waals surface area contributed by atoms with E-state index in [4.69, 9.17) is 4.74 Å². The highest BCUT2D eigenvalue weighted by Gasteiger charge is 2.04. The molecule has 0 aromatic carbocycles. The number of nitrogens with one attached hydrogen (secondary N) is 1. The molecular formula is C11H20N2OS. The molecule has 0 bridgehead atoms. The first-order chi connectivity index (χ1) is 7.26. The lowest BCUT2D eigenvalue weighted by Crippen LogP contribution is -2.33. The first-order valence-electron chi connectivity index (χ1n) is 5.40. The molecule has 0 saturated heterocycles. The number of thiazole rings is 1. The summed E-state index contributed by atoms with van der Waals surface area (Å²) in [6.07, 6.45) is 4.14. The van der Waals surface area contributed by atoms with Crippen molar-refractivity contribution in [3.05, 3.63) is 16.1 Å². The SMILES string of the molecule is CCC(COC)NCCc1cnc(C)s1. The minimum Gasteiger partial charge on any atom is -0.383 e. The highest BCUT2D eigenvalue weighted by atomic mass is 32.1. The van der Waals surface area contributed by atoms with Gasteiger partial charge in [0.05, 0.1) is 11.6 Å². The van der Waals surface area contributed by atoms with E-state index in [0.717, 1.165) is 31.0 Å². The molecular weight excluding hydrogens is 208 g/mol. The van der Waals surface area contributed by atoms with Crippen molar-refractivity contribution >= 4 is 11.3 Å². The van der Waals surface area contributed by atoms with Crippen LogP contribution in [-0.4, -0.2) is 31.3 Å². The van der Waals surface area contributed by atoms with Crippen LogP contribution in [0.15, 0.2) is 6.20 Å². The van der Waals surface area contributed by atoms with Crippen LogP contribution in [0.4, 0.5) is 0 Å². The van der Waals surface area contributed by atoms with Gasteiger partial charge < -0.3 is 10.1 Å². The zero-order valence-corrected chi connectivity index (χ0v) is 10.6. The monoisotopic (exact) mass is 228 g/mol. The van der Waals surface area contributed by atoms with Crippen molar-refractivity contribution in [2.45, 2.75) is 32.7 Å². The third kappa shape index (κ3) is 4.73. The summed E-state index contributed by atoms with van der Waals surface area (Å²) < 4.78 is 5.13. The maximum atomic E-state index is 5.13. The van der Waals surface area contributed by atoms with Gasteiger partial charge in [-0.05, 0) is 19.8 Å². The standard InChI is InChI=1S/C11H20N2OS/c1-4-10(8-14-3)12-6-5-11-7-13-9(2)15-11/h7,10,12H,4-6,8H2,1-3H3. The van der Waals surface area contributed by atoms with Gasteiger partial charge in [-0.2, -0.15) is 0 Å². The van der Waals surface area contributed by atoms with E-state index in [0.29, 0.717) is 6.04 Å². The van der Waals surface area contributed by atoms with E-state index in [1.54, 1.807) is 18.4 Å². The normalized spacial score (nSPS) is 13.0. The number of rotatable bonds is 7. The van der Waals surface area contributed by atoms with Gasteiger partial charge in [0, 0.05) is 30.8 Å². The van der Waals surface area contributed by atoms with Crippen molar-refractivity contribution in [2.75, 3.05) is 20.3 Å². The molecule has 0 aliphatic carbocycles. The Kier molecular flexibility index (Phi) is 5.83. The first-order valence-corrected chi connectivity index (χ1v) is 6.21. The van der Waals surface area contributed by atoms with Gasteiger partial charge in [0.15, 0.2) is 0 Å². The Morgan fingerprint density at radius 2 is 2.40 bits per heavy atom. The number of aryl methyl sites for hydroxylation is 1. The van der Waals surface area contributed by atoms with Crippen LogP contribution in [0.1, 0.15) is 23.2 Å². The molecule has 0 aliphatic rings. The molecule has 86 valence electrons. The van der Waals surface area contributed by atoms with Crippen LogP contribution in [0.2, 0.25) is 0 Å². The second kappa shape index (κ2) is 6.93. The largest absolute Gasteiger partial charge is 0.383 e. The van der Waals surface area contributed by atoms with Crippen LogP contribution in [0.25, 0.3) is 0 Å². The lowest BCUT2D eigenvalue weighted by Gasteiger charge is -2.15. The summed E-state index contributed by atoms with van der Waals surface area (Å²) in [7, 11) is 1.75. The minimum atomic E-state index is 0.476. The maximum Gasteiger partial charge on any atom is 0.0896 e. The molecule has 1 atom stereocenters. The van der Waals surface area contributed by atoms with Gasteiger partial charge in [-0.1, -0.05) is 6.92 Å². The molecule has 0 fully saturated rings. The molecule has 3 nitrogen and oxygen atoms in total. The summed E-state index contributed by atoms with van der Waals surface area (Å²) in [5.74, 6) is 0. The fourth-order valence-electron chi connectivity index (χ4n) is 1.44. The Morgan fingerprint density at radius 1 is 1.60 bits per heavy atom. The van der Waals surface area contributed by atoms with Gasteiger partial charge in [0.2, 0.25) is 0 Å². The molecule has 1 unspecified atom stereocenters. The van der Waals surface area contributed by atoms with E-state index in [1.807, 2.05) is 13.1 Å². The van der Waals surface area contributed by atoms with Crippen LogP contribution in [0.5, 0.6) is 0 Å². The van der Waals surface area contributed by atoms with E-state index < -0.39 is 0 Å². The molecule has 1 aromatic rings. The number of nitrogens with zero attached hydrogens (tertiary/aromatic N) is 1. The van der Waals surface area contributed by atoms with Crippen LogP contribution in [-0.2, 0) is 11.2 Å². The number of ether oxygens (including phenoxy) is 1. The third-order valence-corrected chi connectivity index (χ3v) is 3.31. The Labute approximate surface area is 95.9 Å². The van der Waals surface area contributed by atoms with E-state index in [-0.39, 0.29) is 0 Å². The van der Waals surface area contributed by atoms with Crippen molar-refractivity contribution in [2.24, 2.45) is 0 Å². The summed E-state index contributed by atoms with van der Waals surface area (Å²) in [4.78, 5) is 5.59. The van der Waals surface area contributed by atoms with Crippen molar-refractivity contribution in [1.82, 2.24) is 10.3 Å². The van der Waals surface area contributed by atoms with E-state index >= 15 is 0 Å². The van der Waals surface area contributed by atoms with Crippen LogP contribution >= 0.6 is 11.3 Å². The highest BCUT2D eigenvalue weighted by molar-refractivity contribution is 7.11. The summed E-state index contributed by atoms with van der Waals surface area (Å²) >= 11 is 1.78. The topological polar surface area (TPSA) is 34.1 Å². The summed E-state index contributed by atoms with van der Waals surface area (Å²) in [5, 5.41) is 4.63. The zero-order valence-electron chi connectivity index (χ0n) is 9.75. The minimum absolute atomic E-state index is 0.476. The molecule has 0 saturated carbocycles. The fourth-order valence-corrected chi connectivity index (χ4v) is 2.24. The van der Waals surface area contributed by atoms with E-state index in [2.05, 4.69) is 17.2 Å². The number of methoxy groups -OCH3 is 1. The Morgan fingerprint density at radius 3 is 2.93 bits per heavy atom. The smallest absolute Gasteiger partial charge is 0.0896 e. The number of aromatic nitrogens is 1. The predicted molar refractivity (Wildman–Crippen MR) is 64.5 cm³/mol. The predicted octanol–water partition coefficient (Wildman–Crippen LogP) is 2.01. The lowest BCUT2D eigenvalue weighted by molar-refractivity contribution is 0.165. The number of hydrogen-bond acceptors (Lipinski definition) is 4. The summed E-state index contributed by atoms with van der Waals surface area (Å²) in [6.45, 7) is 6.01. The molecule has 0 radical (unpaired) electrons. The van der Waals surface area contributed by atoms with Crippen molar-refractivity contribution in [3.8, 4) is 0 Å². The van der Waals surface area contributed by atoms with Gasteiger partial charge in [0.1, 0.15) is 0 Å². The van der Waals surface area contributed by atoms with Gasteiger partial charge in [-0.25, -0.2) is 4.98 Å². The molecule has 0 spiro atoms. The molecule has 1 N–H and O–H groups in total. The Balaban J connectivity index is 2.20. The van der Waals surface area contributed by atoms with Crippen molar-refractivity contribution < 1.29 is 4.74 Å². The second-order valence-corrected chi connectivity index (χ2v) is 4.93. The molecule has 4 heteroatoms. The Bertz CT molecular complexity index is 275. The van der Waals surface area contributed by atoms with E-state index in [1.165, 1.54) is 4.88 Å². The molecule has 1 aromatic heterocycles. The first kappa shape index (κ1) is 12.6. The van der Waals surface area contributed by atoms with Gasteiger partial charge in [0.25, 0.3) is 0 Å². The summed E-state index contributed by atoms with van der Waals surface area (Å²) in [6, 6.07) is 0.476. The molecule has 1 rings (SSSR count). The molecule has 0 aliphatic heterocycles. The van der Waals surface area contributed by atoms with E-state index in [9.17, 15) is 0 Å².